The number of anilines is 1. The number of carbonyl (C=O) groups excluding carboxylic acids is 1. The molecule has 0 radical (unpaired) electrons. The van der Waals surface area contributed by atoms with E-state index < -0.39 is 47.1 Å². The lowest BCUT2D eigenvalue weighted by molar-refractivity contribution is -0.254. The monoisotopic (exact) mass is 536 g/mol. The number of likely N-dealkylation sites (tertiary alicyclic amines) is 1. The van der Waals surface area contributed by atoms with Crippen molar-refractivity contribution < 1.29 is 26.7 Å². The Morgan fingerprint density at radius 2 is 1.71 bits per heavy atom. The Labute approximate surface area is 216 Å². The quantitative estimate of drug-likeness (QED) is 0.487. The summed E-state index contributed by atoms with van der Waals surface area (Å²) < 4.78 is 69.4. The molecule has 204 valence electrons. The molecule has 1 amide bonds. The Morgan fingerprint density at radius 3 is 2.32 bits per heavy atom. The van der Waals surface area contributed by atoms with Gasteiger partial charge in [0.1, 0.15) is 5.82 Å². The van der Waals surface area contributed by atoms with Crippen LogP contribution in [0.4, 0.5) is 27.6 Å². The van der Waals surface area contributed by atoms with Crippen molar-refractivity contribution in [2.75, 3.05) is 25.5 Å². The molecule has 1 aromatic heterocycles. The summed E-state index contributed by atoms with van der Waals surface area (Å²) in [5, 5.41) is 6.01. The van der Waals surface area contributed by atoms with Gasteiger partial charge in [-0.25, -0.2) is 22.0 Å². The van der Waals surface area contributed by atoms with Crippen LogP contribution in [0.15, 0.2) is 35.3 Å². The zero-order valence-electron chi connectivity index (χ0n) is 21.0. The number of alkyl halides is 4. The van der Waals surface area contributed by atoms with Crippen molar-refractivity contribution in [1.29, 1.82) is 0 Å². The lowest BCUT2D eigenvalue weighted by Crippen LogP contribution is -2.71. The molecule has 2 N–H and O–H groups in total. The fourth-order valence-electron chi connectivity index (χ4n) is 7.06. The molecule has 0 spiro atoms. The molecule has 5 aliphatic rings. The number of hydrogen-bond acceptors (Lipinski definition) is 4. The summed E-state index contributed by atoms with van der Waals surface area (Å²) in [4.78, 5) is 28.8. The second-order valence-electron chi connectivity index (χ2n) is 11.7. The molecular weight excluding hydrogens is 507 g/mol. The lowest BCUT2D eigenvalue weighted by Gasteiger charge is -2.70. The van der Waals surface area contributed by atoms with Gasteiger partial charge in [0.25, 0.3) is 17.9 Å². The third-order valence-corrected chi connectivity index (χ3v) is 9.12. The summed E-state index contributed by atoms with van der Waals surface area (Å²) in [5.41, 5.74) is -2.54. The van der Waals surface area contributed by atoms with E-state index in [1.165, 1.54) is 35.9 Å². The van der Waals surface area contributed by atoms with Crippen molar-refractivity contribution in [1.82, 2.24) is 14.8 Å². The molecule has 7 rings (SSSR count). The van der Waals surface area contributed by atoms with Crippen LogP contribution in [-0.2, 0) is 5.54 Å². The summed E-state index contributed by atoms with van der Waals surface area (Å²) >= 11 is 0. The van der Waals surface area contributed by atoms with Crippen LogP contribution >= 0.6 is 0 Å². The van der Waals surface area contributed by atoms with Crippen molar-refractivity contribution in [2.45, 2.75) is 56.7 Å². The van der Waals surface area contributed by atoms with E-state index >= 15 is 0 Å². The molecule has 5 fully saturated rings. The van der Waals surface area contributed by atoms with Crippen LogP contribution in [0.1, 0.15) is 60.1 Å². The van der Waals surface area contributed by atoms with Gasteiger partial charge in [0, 0.05) is 47.9 Å². The Morgan fingerprint density at radius 1 is 1.08 bits per heavy atom. The lowest BCUT2D eigenvalue weighted by atomic mass is 9.39. The highest BCUT2D eigenvalue weighted by Crippen LogP contribution is 2.73. The van der Waals surface area contributed by atoms with Gasteiger partial charge in [-0.3, -0.25) is 9.59 Å². The van der Waals surface area contributed by atoms with Crippen LogP contribution in [0.25, 0.3) is 0 Å². The topological polar surface area (TPSA) is 66.4 Å². The predicted octanol–water partition coefficient (Wildman–Crippen LogP) is 4.53. The molecule has 4 atom stereocenters. The number of benzene rings is 1. The van der Waals surface area contributed by atoms with E-state index in [1.807, 2.05) is 7.05 Å². The molecule has 2 heterocycles. The van der Waals surface area contributed by atoms with Crippen molar-refractivity contribution in [2.24, 2.45) is 17.3 Å². The average Bonchev–Trinajstić information content (AvgIpc) is 3.23. The Hall–Kier alpha value is -2.95. The number of fused-ring (bicyclic) bond motifs is 1. The molecule has 38 heavy (non-hydrogen) atoms. The maximum Gasteiger partial charge on any atom is 0.266 e. The highest BCUT2D eigenvalue weighted by atomic mass is 19.3. The van der Waals surface area contributed by atoms with Crippen LogP contribution in [0.3, 0.4) is 0 Å². The minimum absolute atomic E-state index is 0.0861. The number of rotatable bonds is 8. The molecule has 11 heteroatoms. The highest BCUT2D eigenvalue weighted by Gasteiger charge is 2.73. The first-order valence-corrected chi connectivity index (χ1v) is 12.8. The molecule has 2 aromatic rings. The van der Waals surface area contributed by atoms with Crippen molar-refractivity contribution in [3.63, 3.8) is 0 Å². The van der Waals surface area contributed by atoms with Crippen LogP contribution in [0.5, 0.6) is 0 Å². The largest absolute Gasteiger partial charge is 0.381 e. The van der Waals surface area contributed by atoms with Crippen LogP contribution in [0, 0.1) is 23.1 Å². The van der Waals surface area contributed by atoms with Gasteiger partial charge in [0.15, 0.2) is 0 Å². The van der Waals surface area contributed by atoms with Gasteiger partial charge < -0.3 is 20.1 Å². The van der Waals surface area contributed by atoms with E-state index in [1.54, 1.807) is 0 Å². The fourth-order valence-corrected chi connectivity index (χ4v) is 7.06. The standard InChI is InChI=1S/C27H29F5N4O2/c1-13(14-4-3-5-15(21(14)28)23(29)30)33-24(38)18-9-36(27-10-26(11-27,12-27)25(31)32)20(37)6-19(18)34-22-16-7-35(2)8-17(16)22/h3-6,9,13,16-17,22-23,25,34H,7-8,10-12H2,1-2H3,(H,33,38)/t13-,16-,17+,22+,26?,27?/m1/s1. The number of carbonyl (C=O) groups is 1. The maximum atomic E-state index is 14.7. The Kier molecular flexibility index (Phi) is 5.68. The number of pyridine rings is 1. The maximum absolute atomic E-state index is 14.7. The smallest absolute Gasteiger partial charge is 0.266 e. The molecule has 2 bridgehead atoms. The summed E-state index contributed by atoms with van der Waals surface area (Å²) in [5.74, 6) is -0.910. The molecule has 1 aliphatic heterocycles. The van der Waals surface area contributed by atoms with Gasteiger partial charge in [0.05, 0.1) is 22.9 Å². The summed E-state index contributed by atoms with van der Waals surface area (Å²) in [7, 11) is 2.03. The first kappa shape index (κ1) is 25.3. The number of piperidine rings is 1. The minimum atomic E-state index is -3.00. The van der Waals surface area contributed by atoms with E-state index in [4.69, 9.17) is 0 Å². The molecule has 4 saturated carbocycles. The van der Waals surface area contributed by atoms with E-state index in [0.717, 1.165) is 19.2 Å². The van der Waals surface area contributed by atoms with Gasteiger partial charge in [-0.15, -0.1) is 0 Å². The van der Waals surface area contributed by atoms with Crippen molar-refractivity contribution in [3.05, 3.63) is 63.3 Å². The predicted molar refractivity (Wildman–Crippen MR) is 130 cm³/mol. The molecule has 1 saturated heterocycles. The Bertz CT molecular complexity index is 1330. The number of nitrogens with zero attached hydrogens (tertiary/aromatic N) is 2. The van der Waals surface area contributed by atoms with Crippen molar-refractivity contribution >= 4 is 11.6 Å². The SMILES string of the molecule is C[C@@H](NC(=O)c1cn(C23CC(C(F)F)(C2)C3)c(=O)cc1N[C@H]1[C@@H]2CN(C)C[C@@H]21)c1cccc(C(F)F)c1F. The van der Waals surface area contributed by atoms with E-state index in [-0.39, 0.29) is 42.0 Å². The second-order valence-corrected chi connectivity index (χ2v) is 11.7. The van der Waals surface area contributed by atoms with E-state index in [9.17, 15) is 31.5 Å². The van der Waals surface area contributed by atoms with Crippen LogP contribution < -0.4 is 16.2 Å². The van der Waals surface area contributed by atoms with Crippen molar-refractivity contribution in [3.8, 4) is 0 Å². The second kappa shape index (κ2) is 8.53. The molecular formula is C27H29F5N4O2. The Balaban J connectivity index is 1.29. The summed E-state index contributed by atoms with van der Waals surface area (Å²) in [6.07, 6.45) is -3.53. The highest BCUT2D eigenvalue weighted by molar-refractivity contribution is 5.99. The van der Waals surface area contributed by atoms with Gasteiger partial charge in [-0.05, 0) is 45.1 Å². The van der Waals surface area contributed by atoms with Crippen LogP contribution in [0.2, 0.25) is 0 Å². The van der Waals surface area contributed by atoms with E-state index in [2.05, 4.69) is 15.5 Å². The average molecular weight is 537 g/mol. The van der Waals surface area contributed by atoms with Gasteiger partial charge in [-0.1, -0.05) is 18.2 Å². The molecule has 0 unspecified atom stereocenters. The summed E-state index contributed by atoms with van der Waals surface area (Å²) in [6, 6.07) is 4.13. The normalized spacial score (nSPS) is 32.0. The fraction of sp³-hybridized carbons (Fsp3) is 0.556. The van der Waals surface area contributed by atoms with Crippen LogP contribution in [-0.4, -0.2) is 48.0 Å². The molecule has 6 nitrogen and oxygen atoms in total. The third-order valence-electron chi connectivity index (χ3n) is 9.12. The molecule has 1 aromatic carbocycles. The van der Waals surface area contributed by atoms with Gasteiger partial charge in [0.2, 0.25) is 6.43 Å². The number of aromatic nitrogens is 1. The van der Waals surface area contributed by atoms with Gasteiger partial charge >= 0.3 is 0 Å². The third kappa shape index (κ3) is 3.76. The zero-order valence-corrected chi connectivity index (χ0v) is 21.0. The zero-order chi connectivity index (χ0) is 27.1. The van der Waals surface area contributed by atoms with E-state index in [0.29, 0.717) is 17.5 Å². The molecule has 4 aliphatic carbocycles. The van der Waals surface area contributed by atoms with Gasteiger partial charge in [-0.2, -0.15) is 0 Å². The first-order valence-electron chi connectivity index (χ1n) is 12.8. The minimum Gasteiger partial charge on any atom is -0.381 e. The number of amides is 1. The number of nitrogens with one attached hydrogen (secondary N) is 2. The first-order chi connectivity index (χ1) is 17.9. The summed E-state index contributed by atoms with van der Waals surface area (Å²) in [6.45, 7) is 3.29. The number of halogens is 5. The number of hydrogen-bond donors (Lipinski definition) is 2.